The fraction of sp³-hybridized carbons (Fsp3) is 0.857. The van der Waals surface area contributed by atoms with E-state index in [4.69, 9.17) is 4.74 Å². The highest BCUT2D eigenvalue weighted by Crippen LogP contribution is 2.22. The highest BCUT2D eigenvalue weighted by Gasteiger charge is 2.09. The van der Waals surface area contributed by atoms with Crippen LogP contribution < -0.4 is 0 Å². The number of hydrogen-bond acceptors (Lipinski definition) is 2. The third-order valence-corrected chi connectivity index (χ3v) is 4.04. The molecule has 0 aliphatic rings. The molecule has 136 valence electrons. The minimum atomic E-state index is -0.0509. The molecule has 0 bridgehead atoms. The maximum atomic E-state index is 11.6. The van der Waals surface area contributed by atoms with Crippen LogP contribution in [0, 0.1) is 5.41 Å². The van der Waals surface area contributed by atoms with Gasteiger partial charge in [-0.2, -0.15) is 0 Å². The molecule has 0 saturated carbocycles. The predicted molar refractivity (Wildman–Crippen MR) is 101 cm³/mol. The fourth-order valence-electron chi connectivity index (χ4n) is 2.54. The molecule has 0 aliphatic heterocycles. The maximum absolute atomic E-state index is 11.6. The Kier molecular flexibility index (Phi) is 14.3. The second-order valence-corrected chi connectivity index (χ2v) is 7.83. The van der Waals surface area contributed by atoms with Crippen LogP contribution in [0.5, 0.6) is 0 Å². The lowest BCUT2D eigenvalue weighted by molar-refractivity contribution is -0.142. The first-order chi connectivity index (χ1) is 11.0. The van der Waals surface area contributed by atoms with Gasteiger partial charge in [0.2, 0.25) is 0 Å². The summed E-state index contributed by atoms with van der Waals surface area (Å²) >= 11 is 0. The van der Waals surface area contributed by atoms with Gasteiger partial charge in [0.25, 0.3) is 0 Å². The van der Waals surface area contributed by atoms with Gasteiger partial charge < -0.3 is 4.74 Å². The summed E-state index contributed by atoms with van der Waals surface area (Å²) < 4.78 is 5.22. The third-order valence-electron chi connectivity index (χ3n) is 4.04. The van der Waals surface area contributed by atoms with Gasteiger partial charge in [-0.05, 0) is 31.1 Å². The SMILES string of the molecule is CCCCCCCC/C=C/COC(=O)CCCCCC(C)(C)C. The van der Waals surface area contributed by atoms with Gasteiger partial charge in [0, 0.05) is 6.42 Å². The number of allylic oxidation sites excluding steroid dienone is 1. The quantitative estimate of drug-likeness (QED) is 0.199. The molecule has 0 unspecified atom stereocenters. The van der Waals surface area contributed by atoms with Crippen LogP contribution in [0.15, 0.2) is 12.2 Å². The Balaban J connectivity index is 3.34. The second kappa shape index (κ2) is 14.8. The van der Waals surface area contributed by atoms with Crippen LogP contribution in [0.4, 0.5) is 0 Å². The normalized spacial score (nSPS) is 12.0. The van der Waals surface area contributed by atoms with Gasteiger partial charge in [0.15, 0.2) is 0 Å². The number of rotatable bonds is 14. The standard InChI is InChI=1S/C21H40O2/c1-5-6-7-8-9-10-11-12-16-19-23-20(22)17-14-13-15-18-21(2,3)4/h12,16H,5-11,13-15,17-19H2,1-4H3/b16-12+. The van der Waals surface area contributed by atoms with Crippen molar-refractivity contribution in [2.45, 2.75) is 105 Å². The number of hydrogen-bond donors (Lipinski definition) is 0. The second-order valence-electron chi connectivity index (χ2n) is 7.83. The summed E-state index contributed by atoms with van der Waals surface area (Å²) in [4.78, 5) is 11.6. The van der Waals surface area contributed by atoms with Crippen molar-refractivity contribution in [3.8, 4) is 0 Å². The molecule has 0 aromatic heterocycles. The van der Waals surface area contributed by atoms with Crippen molar-refractivity contribution in [3.05, 3.63) is 12.2 Å². The van der Waals surface area contributed by atoms with E-state index in [-0.39, 0.29) is 5.97 Å². The molecule has 0 heterocycles. The molecule has 0 N–H and O–H groups in total. The molecule has 0 aliphatic carbocycles. The Morgan fingerprint density at radius 2 is 1.52 bits per heavy atom. The third kappa shape index (κ3) is 19.2. The topological polar surface area (TPSA) is 26.3 Å². The molecule has 23 heavy (non-hydrogen) atoms. The number of carbonyl (C=O) groups excluding carboxylic acids is 1. The minimum Gasteiger partial charge on any atom is -0.461 e. The lowest BCUT2D eigenvalue weighted by atomic mass is 9.89. The molecule has 0 saturated heterocycles. The van der Waals surface area contributed by atoms with Crippen LogP contribution >= 0.6 is 0 Å². The van der Waals surface area contributed by atoms with Crippen molar-refractivity contribution in [2.75, 3.05) is 6.61 Å². The molecule has 0 aromatic carbocycles. The molecule has 0 amide bonds. The maximum Gasteiger partial charge on any atom is 0.306 e. The lowest BCUT2D eigenvalue weighted by Crippen LogP contribution is -2.06. The zero-order valence-corrected chi connectivity index (χ0v) is 16.2. The smallest absolute Gasteiger partial charge is 0.306 e. The molecule has 0 fully saturated rings. The Labute approximate surface area is 145 Å². The summed E-state index contributed by atoms with van der Waals surface area (Å²) in [5, 5.41) is 0. The summed E-state index contributed by atoms with van der Waals surface area (Å²) in [5.41, 5.74) is 0.404. The predicted octanol–water partition coefficient (Wildman–Crippen LogP) is 6.83. The monoisotopic (exact) mass is 324 g/mol. The van der Waals surface area contributed by atoms with E-state index in [1.54, 1.807) is 0 Å². The molecule has 0 spiro atoms. The molecule has 0 aromatic rings. The Morgan fingerprint density at radius 1 is 0.870 bits per heavy atom. The summed E-state index contributed by atoms with van der Waals surface area (Å²) in [5.74, 6) is -0.0509. The van der Waals surface area contributed by atoms with Crippen LogP contribution in [0.25, 0.3) is 0 Å². The molecule has 0 rings (SSSR count). The van der Waals surface area contributed by atoms with Crippen molar-refractivity contribution < 1.29 is 9.53 Å². The van der Waals surface area contributed by atoms with Crippen LogP contribution in [-0.4, -0.2) is 12.6 Å². The van der Waals surface area contributed by atoms with Gasteiger partial charge in [0.05, 0.1) is 0 Å². The first kappa shape index (κ1) is 22.2. The first-order valence-corrected chi connectivity index (χ1v) is 9.76. The van der Waals surface area contributed by atoms with Crippen molar-refractivity contribution in [1.82, 2.24) is 0 Å². The van der Waals surface area contributed by atoms with E-state index in [1.165, 1.54) is 51.4 Å². The first-order valence-electron chi connectivity index (χ1n) is 9.76. The van der Waals surface area contributed by atoms with E-state index in [9.17, 15) is 4.79 Å². The van der Waals surface area contributed by atoms with Crippen LogP contribution in [0.3, 0.4) is 0 Å². The van der Waals surface area contributed by atoms with Crippen molar-refractivity contribution >= 4 is 5.97 Å². The number of esters is 1. The summed E-state index contributed by atoms with van der Waals surface area (Å²) in [7, 11) is 0. The number of ether oxygens (including phenoxy) is 1. The average molecular weight is 325 g/mol. The zero-order valence-electron chi connectivity index (χ0n) is 16.2. The van der Waals surface area contributed by atoms with E-state index in [1.807, 2.05) is 6.08 Å². The van der Waals surface area contributed by atoms with Crippen molar-refractivity contribution in [1.29, 1.82) is 0 Å². The van der Waals surface area contributed by atoms with Crippen LogP contribution in [-0.2, 0) is 9.53 Å². The minimum absolute atomic E-state index is 0.0509. The molecular formula is C21H40O2. The largest absolute Gasteiger partial charge is 0.461 e. The van der Waals surface area contributed by atoms with Crippen LogP contribution in [0.2, 0.25) is 0 Å². The van der Waals surface area contributed by atoms with Gasteiger partial charge >= 0.3 is 5.97 Å². The number of unbranched alkanes of at least 4 members (excludes halogenated alkanes) is 8. The molecule has 2 heteroatoms. The molecule has 0 atom stereocenters. The Hall–Kier alpha value is -0.790. The fourth-order valence-corrected chi connectivity index (χ4v) is 2.54. The van der Waals surface area contributed by atoms with E-state index in [0.29, 0.717) is 18.4 Å². The Bertz CT molecular complexity index is 299. The summed E-state index contributed by atoms with van der Waals surface area (Å²) in [6, 6.07) is 0. The number of carbonyl (C=O) groups is 1. The molecule has 2 nitrogen and oxygen atoms in total. The van der Waals surface area contributed by atoms with E-state index < -0.39 is 0 Å². The van der Waals surface area contributed by atoms with E-state index >= 15 is 0 Å². The zero-order chi connectivity index (χ0) is 17.4. The van der Waals surface area contributed by atoms with E-state index in [2.05, 4.69) is 33.8 Å². The van der Waals surface area contributed by atoms with Gasteiger partial charge in [0.1, 0.15) is 6.61 Å². The van der Waals surface area contributed by atoms with Gasteiger partial charge in [-0.25, -0.2) is 0 Å². The van der Waals surface area contributed by atoms with Gasteiger partial charge in [-0.15, -0.1) is 0 Å². The van der Waals surface area contributed by atoms with Crippen molar-refractivity contribution in [2.24, 2.45) is 5.41 Å². The summed E-state index contributed by atoms with van der Waals surface area (Å²) in [6.07, 6.45) is 18.3. The van der Waals surface area contributed by atoms with Crippen molar-refractivity contribution in [3.63, 3.8) is 0 Å². The van der Waals surface area contributed by atoms with Gasteiger partial charge in [-0.1, -0.05) is 84.8 Å². The highest BCUT2D eigenvalue weighted by atomic mass is 16.5. The molecular weight excluding hydrogens is 284 g/mol. The highest BCUT2D eigenvalue weighted by molar-refractivity contribution is 5.69. The Morgan fingerprint density at radius 3 is 2.22 bits per heavy atom. The van der Waals surface area contributed by atoms with Gasteiger partial charge in [-0.3, -0.25) is 4.79 Å². The average Bonchev–Trinajstić information content (AvgIpc) is 2.47. The van der Waals surface area contributed by atoms with E-state index in [0.717, 1.165) is 19.3 Å². The summed E-state index contributed by atoms with van der Waals surface area (Å²) in [6.45, 7) is 9.48. The lowest BCUT2D eigenvalue weighted by Gasteiger charge is -2.17. The molecule has 0 radical (unpaired) electrons. The van der Waals surface area contributed by atoms with Crippen LogP contribution in [0.1, 0.15) is 105 Å².